The molecule has 1 N–H and O–H groups in total. The number of aromatic nitrogens is 2. The van der Waals surface area contributed by atoms with E-state index in [0.29, 0.717) is 11.6 Å². The Morgan fingerprint density at radius 1 is 1.00 bits per heavy atom. The summed E-state index contributed by atoms with van der Waals surface area (Å²) in [6.07, 6.45) is 14.4. The maximum atomic E-state index is 13.5. The molecule has 5 saturated carbocycles. The average Bonchev–Trinajstić information content (AvgIpc) is 3.06. The zero-order valence-electron chi connectivity index (χ0n) is 17.4. The molecule has 7 rings (SSSR count). The van der Waals surface area contributed by atoms with Crippen molar-refractivity contribution < 1.29 is 4.79 Å². The summed E-state index contributed by atoms with van der Waals surface area (Å²) in [5, 5.41) is 9.44. The van der Waals surface area contributed by atoms with Crippen LogP contribution in [0.4, 0.5) is 0 Å². The van der Waals surface area contributed by atoms with Crippen LogP contribution in [0.5, 0.6) is 0 Å². The Hall–Kier alpha value is -1.84. The van der Waals surface area contributed by atoms with Crippen molar-refractivity contribution in [3.8, 4) is 0 Å². The maximum absolute atomic E-state index is 13.5. The van der Waals surface area contributed by atoms with Crippen molar-refractivity contribution in [1.82, 2.24) is 15.1 Å². The van der Waals surface area contributed by atoms with Crippen molar-refractivity contribution in [2.24, 2.45) is 23.7 Å². The van der Waals surface area contributed by atoms with Gasteiger partial charge in [0.2, 0.25) is 0 Å². The monoisotopic (exact) mass is 391 g/mol. The summed E-state index contributed by atoms with van der Waals surface area (Å²) < 4.78 is 2.12. The number of rotatable bonds is 4. The molecule has 29 heavy (non-hydrogen) atoms. The number of nitrogens with one attached hydrogen (secondary N) is 1. The third kappa shape index (κ3) is 3.19. The summed E-state index contributed by atoms with van der Waals surface area (Å²) in [5.74, 6) is 3.27. The Kier molecular flexibility index (Phi) is 4.25. The van der Waals surface area contributed by atoms with E-state index in [-0.39, 0.29) is 11.4 Å². The number of hydrogen-bond donors (Lipinski definition) is 1. The fraction of sp³-hybridized carbons (Fsp3) is 0.680. The summed E-state index contributed by atoms with van der Waals surface area (Å²) in [6.45, 7) is 0.950. The van der Waals surface area contributed by atoms with Gasteiger partial charge >= 0.3 is 0 Å². The SMILES string of the molecule is O=C(NC12CC3CC(CC(C3)C1)C2)c1nn(CC2CCCCC2)c2ccccc12. The van der Waals surface area contributed by atoms with E-state index in [1.165, 1.54) is 70.6 Å². The molecule has 0 aliphatic heterocycles. The van der Waals surface area contributed by atoms with Crippen molar-refractivity contribution in [2.45, 2.75) is 82.7 Å². The molecule has 1 aromatic carbocycles. The van der Waals surface area contributed by atoms with Crippen molar-refractivity contribution in [3.05, 3.63) is 30.0 Å². The first kappa shape index (κ1) is 18.0. The maximum Gasteiger partial charge on any atom is 0.272 e. The summed E-state index contributed by atoms with van der Waals surface area (Å²) in [4.78, 5) is 13.5. The molecule has 2 aromatic rings. The van der Waals surface area contributed by atoms with Crippen molar-refractivity contribution in [1.29, 1.82) is 0 Å². The van der Waals surface area contributed by atoms with Crippen LogP contribution in [0, 0.1) is 23.7 Å². The summed E-state index contributed by atoms with van der Waals surface area (Å²) in [5.41, 5.74) is 1.81. The lowest BCUT2D eigenvalue weighted by Crippen LogP contribution is -2.59. The second-order valence-electron chi connectivity index (χ2n) is 10.7. The lowest BCUT2D eigenvalue weighted by Gasteiger charge is -2.56. The van der Waals surface area contributed by atoms with Crippen LogP contribution in [0.3, 0.4) is 0 Å². The van der Waals surface area contributed by atoms with Gasteiger partial charge in [-0.1, -0.05) is 37.5 Å². The minimum absolute atomic E-state index is 0.0418. The van der Waals surface area contributed by atoms with Crippen LogP contribution in [-0.2, 0) is 6.54 Å². The highest BCUT2D eigenvalue weighted by Gasteiger charge is 2.51. The van der Waals surface area contributed by atoms with Crippen LogP contribution < -0.4 is 5.32 Å². The van der Waals surface area contributed by atoms with Crippen molar-refractivity contribution >= 4 is 16.8 Å². The van der Waals surface area contributed by atoms with Gasteiger partial charge in [-0.05, 0) is 81.1 Å². The molecule has 4 heteroatoms. The number of amides is 1. The molecule has 1 amide bonds. The number of nitrogens with zero attached hydrogens (tertiary/aromatic N) is 2. The largest absolute Gasteiger partial charge is 0.345 e. The number of carbonyl (C=O) groups excluding carboxylic acids is 1. The topological polar surface area (TPSA) is 46.9 Å². The second-order valence-corrected chi connectivity index (χ2v) is 10.7. The first-order chi connectivity index (χ1) is 14.2. The van der Waals surface area contributed by atoms with E-state index in [2.05, 4.69) is 28.2 Å². The van der Waals surface area contributed by atoms with Gasteiger partial charge in [0.25, 0.3) is 5.91 Å². The third-order valence-electron chi connectivity index (χ3n) is 8.45. The van der Waals surface area contributed by atoms with E-state index in [1.54, 1.807) is 0 Å². The van der Waals surface area contributed by atoms with E-state index < -0.39 is 0 Å². The van der Waals surface area contributed by atoms with Crippen molar-refractivity contribution in [2.75, 3.05) is 0 Å². The van der Waals surface area contributed by atoms with E-state index in [9.17, 15) is 4.79 Å². The molecule has 0 radical (unpaired) electrons. The first-order valence-corrected chi connectivity index (χ1v) is 12.0. The molecule has 154 valence electrons. The third-order valence-corrected chi connectivity index (χ3v) is 8.45. The standard InChI is InChI=1S/C25H33N3O/c29-24(26-25-13-18-10-19(14-25)12-20(11-18)15-25)23-21-8-4-5-9-22(21)28(27-23)16-17-6-2-1-3-7-17/h4-5,8-9,17-20H,1-3,6-7,10-16H2,(H,26,29). The van der Waals surface area contributed by atoms with Gasteiger partial charge in [0.1, 0.15) is 0 Å². The van der Waals surface area contributed by atoms with Crippen molar-refractivity contribution in [3.63, 3.8) is 0 Å². The number of carbonyl (C=O) groups is 1. The Bertz CT molecular complexity index is 888. The number of hydrogen-bond acceptors (Lipinski definition) is 2. The highest BCUT2D eigenvalue weighted by atomic mass is 16.2. The summed E-state index contributed by atoms with van der Waals surface area (Å²) in [7, 11) is 0. The lowest BCUT2D eigenvalue weighted by atomic mass is 9.53. The predicted octanol–water partition coefficient (Wildman–Crippen LogP) is 5.32. The quantitative estimate of drug-likeness (QED) is 0.767. The lowest BCUT2D eigenvalue weighted by molar-refractivity contribution is -0.0167. The van der Waals surface area contributed by atoms with E-state index in [1.807, 2.05) is 6.07 Å². The minimum atomic E-state index is 0.0418. The molecule has 0 atom stereocenters. The second kappa shape index (κ2) is 6.85. The normalized spacial score (nSPS) is 34.0. The molecule has 5 fully saturated rings. The van der Waals surface area contributed by atoms with Gasteiger partial charge in [0.15, 0.2) is 5.69 Å². The highest BCUT2D eigenvalue weighted by molar-refractivity contribution is 6.05. The molecule has 4 bridgehead atoms. The fourth-order valence-corrected chi connectivity index (χ4v) is 7.61. The Morgan fingerprint density at radius 3 is 2.34 bits per heavy atom. The molecule has 1 aromatic heterocycles. The Balaban J connectivity index is 1.28. The van der Waals surface area contributed by atoms with Gasteiger partial charge in [-0.15, -0.1) is 0 Å². The number of benzene rings is 1. The number of fused-ring (bicyclic) bond motifs is 1. The van der Waals surface area contributed by atoms with Gasteiger partial charge in [-0.2, -0.15) is 5.10 Å². The molecular weight excluding hydrogens is 358 g/mol. The van der Waals surface area contributed by atoms with Crippen LogP contribution in [0.15, 0.2) is 24.3 Å². The summed E-state index contributed by atoms with van der Waals surface area (Å²) in [6, 6.07) is 8.32. The van der Waals surface area contributed by atoms with Gasteiger partial charge in [0, 0.05) is 17.5 Å². The Labute approximate surface area is 173 Å². The zero-order valence-corrected chi connectivity index (χ0v) is 17.4. The van der Waals surface area contributed by atoms with E-state index in [0.717, 1.165) is 35.2 Å². The molecule has 4 nitrogen and oxygen atoms in total. The zero-order chi connectivity index (χ0) is 19.4. The summed E-state index contributed by atoms with van der Waals surface area (Å²) >= 11 is 0. The molecule has 0 saturated heterocycles. The van der Waals surface area contributed by atoms with E-state index >= 15 is 0 Å². The van der Waals surface area contributed by atoms with Gasteiger partial charge < -0.3 is 5.32 Å². The highest BCUT2D eigenvalue weighted by Crippen LogP contribution is 2.55. The minimum Gasteiger partial charge on any atom is -0.345 e. The molecule has 0 spiro atoms. The van der Waals surface area contributed by atoms with Gasteiger partial charge in [0.05, 0.1) is 5.52 Å². The molecule has 1 heterocycles. The average molecular weight is 392 g/mol. The van der Waals surface area contributed by atoms with Gasteiger partial charge in [-0.25, -0.2) is 0 Å². The molecule has 5 aliphatic rings. The molecular formula is C25H33N3O. The molecule has 0 unspecified atom stereocenters. The fourth-order valence-electron chi connectivity index (χ4n) is 7.61. The first-order valence-electron chi connectivity index (χ1n) is 12.0. The van der Waals surface area contributed by atoms with Crippen LogP contribution in [-0.4, -0.2) is 21.2 Å². The van der Waals surface area contributed by atoms with Crippen LogP contribution >= 0.6 is 0 Å². The van der Waals surface area contributed by atoms with E-state index in [4.69, 9.17) is 5.10 Å². The smallest absolute Gasteiger partial charge is 0.272 e. The Morgan fingerprint density at radius 2 is 1.66 bits per heavy atom. The van der Waals surface area contributed by atoms with Crippen LogP contribution in [0.25, 0.3) is 10.9 Å². The van der Waals surface area contributed by atoms with Crippen LogP contribution in [0.1, 0.15) is 81.1 Å². The number of para-hydroxylation sites is 1. The molecule has 5 aliphatic carbocycles. The van der Waals surface area contributed by atoms with Gasteiger partial charge in [-0.3, -0.25) is 9.48 Å². The van der Waals surface area contributed by atoms with Crippen LogP contribution in [0.2, 0.25) is 0 Å². The predicted molar refractivity (Wildman–Crippen MR) is 115 cm³/mol.